The third-order valence-corrected chi connectivity index (χ3v) is 2.34. The highest BCUT2D eigenvalue weighted by atomic mass is 16.6. The lowest BCUT2D eigenvalue weighted by Gasteiger charge is -2.07. The third kappa shape index (κ3) is 3.91. The van der Waals surface area contributed by atoms with E-state index in [2.05, 4.69) is 10.4 Å². The van der Waals surface area contributed by atoms with Gasteiger partial charge in [0.2, 0.25) is 5.82 Å². The fraction of sp³-hybridized carbons (Fsp3) is 0.600. The van der Waals surface area contributed by atoms with Crippen LogP contribution in [0.1, 0.15) is 12.6 Å². The van der Waals surface area contributed by atoms with Gasteiger partial charge in [0, 0.05) is 13.1 Å². The number of nitro groups is 1. The van der Waals surface area contributed by atoms with E-state index >= 15 is 0 Å². The summed E-state index contributed by atoms with van der Waals surface area (Å²) in [5.74, 6) is -0.746. The first-order valence-electron chi connectivity index (χ1n) is 5.72. The van der Waals surface area contributed by atoms with Crippen molar-refractivity contribution in [2.45, 2.75) is 20.4 Å². The second-order valence-corrected chi connectivity index (χ2v) is 3.73. The van der Waals surface area contributed by atoms with Crippen molar-refractivity contribution in [3.63, 3.8) is 0 Å². The summed E-state index contributed by atoms with van der Waals surface area (Å²) >= 11 is 0. The predicted octanol–water partition coefficient (Wildman–Crippen LogP) is 0.633. The molecule has 0 fully saturated rings. The number of aromatic nitrogens is 2. The van der Waals surface area contributed by atoms with Crippen LogP contribution in [0.15, 0.2) is 0 Å². The van der Waals surface area contributed by atoms with Crippen molar-refractivity contribution in [3.8, 4) is 0 Å². The maximum Gasteiger partial charge on any atom is 0.333 e. The Balaban J connectivity index is 2.66. The fourth-order valence-corrected chi connectivity index (χ4v) is 1.60. The molecular weight excluding hydrogens is 256 g/mol. The van der Waals surface area contributed by atoms with Gasteiger partial charge in [-0.05, 0) is 13.8 Å². The summed E-state index contributed by atoms with van der Waals surface area (Å²) < 4.78 is 6.33. The van der Waals surface area contributed by atoms with Crippen molar-refractivity contribution in [1.82, 2.24) is 9.78 Å². The van der Waals surface area contributed by atoms with Crippen LogP contribution in [0.25, 0.3) is 0 Å². The van der Waals surface area contributed by atoms with Gasteiger partial charge in [0.25, 0.3) is 0 Å². The van der Waals surface area contributed by atoms with Gasteiger partial charge < -0.3 is 15.2 Å². The van der Waals surface area contributed by atoms with Crippen LogP contribution in [-0.2, 0) is 16.1 Å². The molecule has 0 amide bonds. The van der Waals surface area contributed by atoms with Crippen LogP contribution in [0.2, 0.25) is 0 Å². The Bertz CT molecular complexity index is 471. The highest BCUT2D eigenvalue weighted by molar-refractivity contribution is 5.68. The molecule has 19 heavy (non-hydrogen) atoms. The van der Waals surface area contributed by atoms with Crippen LogP contribution in [0.5, 0.6) is 0 Å². The molecule has 0 aromatic carbocycles. The van der Waals surface area contributed by atoms with E-state index in [-0.39, 0.29) is 18.8 Å². The molecule has 2 N–H and O–H groups in total. The molecule has 1 rings (SSSR count). The molecular formula is C10H16N4O5. The molecule has 0 unspecified atom stereocenters. The summed E-state index contributed by atoms with van der Waals surface area (Å²) in [6, 6.07) is 0. The average molecular weight is 272 g/mol. The van der Waals surface area contributed by atoms with E-state index in [0.29, 0.717) is 18.1 Å². The number of nitrogens with zero attached hydrogens (tertiary/aromatic N) is 3. The minimum atomic E-state index is -1.06. The SMILES string of the molecule is CCn1nc(C)c([N+](=O)[O-])c1NCCOCC(=O)O. The van der Waals surface area contributed by atoms with Gasteiger partial charge in [0.05, 0.1) is 11.5 Å². The summed E-state index contributed by atoms with van der Waals surface area (Å²) in [7, 11) is 0. The van der Waals surface area contributed by atoms with Crippen LogP contribution in [0.3, 0.4) is 0 Å². The maximum atomic E-state index is 11.0. The Kier molecular flexibility index (Phi) is 5.24. The molecule has 0 aliphatic rings. The topological polar surface area (TPSA) is 120 Å². The van der Waals surface area contributed by atoms with E-state index in [1.165, 1.54) is 4.68 Å². The molecule has 0 saturated heterocycles. The Labute approximate surface area is 109 Å². The number of hydrogen-bond acceptors (Lipinski definition) is 6. The van der Waals surface area contributed by atoms with E-state index in [9.17, 15) is 14.9 Å². The lowest BCUT2D eigenvalue weighted by molar-refractivity contribution is -0.384. The number of aryl methyl sites for hydroxylation is 2. The quantitative estimate of drug-likeness (QED) is 0.404. The van der Waals surface area contributed by atoms with E-state index in [0.717, 1.165) is 0 Å². The van der Waals surface area contributed by atoms with Crippen molar-refractivity contribution in [3.05, 3.63) is 15.8 Å². The number of aliphatic carboxylic acids is 1. The molecule has 0 radical (unpaired) electrons. The zero-order valence-corrected chi connectivity index (χ0v) is 10.8. The van der Waals surface area contributed by atoms with Gasteiger partial charge in [-0.1, -0.05) is 0 Å². The highest BCUT2D eigenvalue weighted by Gasteiger charge is 2.24. The molecule has 0 saturated carbocycles. The molecule has 0 spiro atoms. The standard InChI is InChI=1S/C10H16N4O5/c1-3-13-10(9(14(17)18)7(2)12-13)11-4-5-19-6-8(15)16/h11H,3-6H2,1-2H3,(H,15,16). The van der Waals surface area contributed by atoms with Crippen molar-refractivity contribution in [2.24, 2.45) is 0 Å². The molecule has 1 aromatic heterocycles. The lowest BCUT2D eigenvalue weighted by atomic mass is 10.4. The van der Waals surface area contributed by atoms with E-state index in [4.69, 9.17) is 9.84 Å². The molecule has 9 nitrogen and oxygen atoms in total. The number of hydrogen-bond donors (Lipinski definition) is 2. The van der Waals surface area contributed by atoms with Crippen molar-refractivity contribution in [1.29, 1.82) is 0 Å². The van der Waals surface area contributed by atoms with Gasteiger partial charge >= 0.3 is 11.7 Å². The van der Waals surface area contributed by atoms with Gasteiger partial charge in [-0.3, -0.25) is 10.1 Å². The molecule has 0 atom stereocenters. The van der Waals surface area contributed by atoms with Gasteiger partial charge in [-0.2, -0.15) is 5.10 Å². The van der Waals surface area contributed by atoms with Crippen LogP contribution < -0.4 is 5.32 Å². The van der Waals surface area contributed by atoms with Gasteiger partial charge in [-0.15, -0.1) is 0 Å². The summed E-state index contributed by atoms with van der Waals surface area (Å²) in [5.41, 5.74) is 0.265. The summed E-state index contributed by atoms with van der Waals surface area (Å²) in [5, 5.41) is 26.2. The average Bonchev–Trinajstić information content (AvgIpc) is 2.64. The minimum Gasteiger partial charge on any atom is -0.480 e. The molecule has 1 aromatic rings. The number of nitrogens with one attached hydrogen (secondary N) is 1. The Morgan fingerprint density at radius 2 is 2.32 bits per heavy atom. The monoisotopic (exact) mass is 272 g/mol. The zero-order valence-electron chi connectivity index (χ0n) is 10.8. The molecule has 0 bridgehead atoms. The molecule has 9 heteroatoms. The minimum absolute atomic E-state index is 0.0694. The van der Waals surface area contributed by atoms with E-state index < -0.39 is 17.5 Å². The van der Waals surface area contributed by atoms with Crippen LogP contribution in [0, 0.1) is 17.0 Å². The summed E-state index contributed by atoms with van der Waals surface area (Å²) in [6.07, 6.45) is 0. The first-order chi connectivity index (χ1) is 8.97. The first kappa shape index (κ1) is 14.9. The Hall–Kier alpha value is -2.16. The third-order valence-electron chi connectivity index (χ3n) is 2.34. The van der Waals surface area contributed by atoms with E-state index in [1.807, 2.05) is 6.92 Å². The van der Waals surface area contributed by atoms with Crippen molar-refractivity contribution < 1.29 is 19.6 Å². The van der Waals surface area contributed by atoms with E-state index in [1.54, 1.807) is 6.92 Å². The number of anilines is 1. The van der Waals surface area contributed by atoms with Crippen molar-refractivity contribution >= 4 is 17.5 Å². The Morgan fingerprint density at radius 1 is 1.63 bits per heavy atom. The normalized spacial score (nSPS) is 10.4. The number of ether oxygens (including phenoxy) is 1. The molecule has 106 valence electrons. The second kappa shape index (κ2) is 6.69. The largest absolute Gasteiger partial charge is 0.480 e. The van der Waals surface area contributed by atoms with Gasteiger partial charge in [0.15, 0.2) is 0 Å². The summed E-state index contributed by atoms with van der Waals surface area (Å²) in [4.78, 5) is 20.7. The lowest BCUT2D eigenvalue weighted by Crippen LogP contribution is -2.16. The maximum absolute atomic E-state index is 11.0. The smallest absolute Gasteiger partial charge is 0.333 e. The number of carboxylic acids is 1. The number of carboxylic acid groups (broad SMARTS) is 1. The second-order valence-electron chi connectivity index (χ2n) is 3.73. The van der Waals surface area contributed by atoms with Gasteiger partial charge in [-0.25, -0.2) is 9.48 Å². The summed E-state index contributed by atoms with van der Waals surface area (Å²) in [6.45, 7) is 3.89. The van der Waals surface area contributed by atoms with Crippen LogP contribution in [0.4, 0.5) is 11.5 Å². The van der Waals surface area contributed by atoms with Gasteiger partial charge in [0.1, 0.15) is 12.3 Å². The number of rotatable bonds is 8. The molecule has 1 heterocycles. The van der Waals surface area contributed by atoms with Crippen LogP contribution in [-0.4, -0.2) is 45.5 Å². The number of carbonyl (C=O) groups is 1. The predicted molar refractivity (Wildman–Crippen MR) is 66.2 cm³/mol. The fourth-order valence-electron chi connectivity index (χ4n) is 1.60. The zero-order chi connectivity index (χ0) is 14.4. The molecule has 0 aliphatic heterocycles. The van der Waals surface area contributed by atoms with Crippen molar-refractivity contribution in [2.75, 3.05) is 25.1 Å². The molecule has 0 aliphatic carbocycles. The van der Waals surface area contributed by atoms with Crippen LogP contribution >= 0.6 is 0 Å². The highest BCUT2D eigenvalue weighted by Crippen LogP contribution is 2.27. The Morgan fingerprint density at radius 3 is 2.84 bits per heavy atom. The first-order valence-corrected chi connectivity index (χ1v) is 5.72.